The Balaban J connectivity index is 1.37. The Kier molecular flexibility index (Phi) is 4.88. The van der Waals surface area contributed by atoms with Crippen LogP contribution in [0.1, 0.15) is 43.1 Å². The molecule has 7 nitrogen and oxygen atoms in total. The van der Waals surface area contributed by atoms with Crippen LogP contribution in [-0.4, -0.2) is 52.2 Å². The molecule has 0 spiro atoms. The molecule has 0 aliphatic carbocycles. The maximum absolute atomic E-state index is 12.5. The highest BCUT2D eigenvalue weighted by molar-refractivity contribution is 5.74. The van der Waals surface area contributed by atoms with E-state index in [1.54, 1.807) is 0 Å². The van der Waals surface area contributed by atoms with E-state index in [4.69, 9.17) is 10.3 Å². The van der Waals surface area contributed by atoms with Gasteiger partial charge in [0.2, 0.25) is 11.7 Å². The van der Waals surface area contributed by atoms with Gasteiger partial charge in [-0.3, -0.25) is 0 Å². The van der Waals surface area contributed by atoms with Crippen molar-refractivity contribution < 1.29 is 9.32 Å². The molecular formula is C19H25N5O2. The Labute approximate surface area is 153 Å². The molecule has 3 heterocycles. The fourth-order valence-corrected chi connectivity index (χ4v) is 3.73. The van der Waals surface area contributed by atoms with Crippen molar-refractivity contribution in [2.24, 2.45) is 5.73 Å². The van der Waals surface area contributed by atoms with Gasteiger partial charge in [0.15, 0.2) is 0 Å². The molecule has 4 rings (SSSR count). The number of hydrogen-bond donors (Lipinski definition) is 1. The molecule has 0 radical (unpaired) electrons. The van der Waals surface area contributed by atoms with Gasteiger partial charge in [-0.1, -0.05) is 29.4 Å². The van der Waals surface area contributed by atoms with Gasteiger partial charge in [-0.2, -0.15) is 4.98 Å². The molecule has 1 aromatic carbocycles. The number of carbonyl (C=O) groups excluding carboxylic acids is 1. The number of urea groups is 1. The lowest BCUT2D eigenvalue weighted by atomic mass is 9.97. The molecule has 1 aromatic heterocycles. The molecule has 7 heteroatoms. The van der Waals surface area contributed by atoms with Gasteiger partial charge in [0.25, 0.3) is 0 Å². The average molecular weight is 355 g/mol. The van der Waals surface area contributed by atoms with Gasteiger partial charge in [0.05, 0.1) is 0 Å². The molecular weight excluding hydrogens is 330 g/mol. The first-order valence-corrected chi connectivity index (χ1v) is 9.41. The van der Waals surface area contributed by atoms with Crippen LogP contribution in [-0.2, 0) is 6.54 Å². The summed E-state index contributed by atoms with van der Waals surface area (Å²) in [6.45, 7) is 3.82. The molecule has 2 amide bonds. The Morgan fingerprint density at radius 1 is 1.08 bits per heavy atom. The molecule has 2 N–H and O–H groups in total. The van der Waals surface area contributed by atoms with Gasteiger partial charge in [-0.15, -0.1) is 0 Å². The van der Waals surface area contributed by atoms with E-state index in [1.807, 2.05) is 34.1 Å². The molecule has 0 saturated carbocycles. The largest absolute Gasteiger partial charge is 0.339 e. The summed E-state index contributed by atoms with van der Waals surface area (Å²) in [5.74, 6) is 1.51. The van der Waals surface area contributed by atoms with Gasteiger partial charge >= 0.3 is 6.03 Å². The second kappa shape index (κ2) is 7.45. The minimum Gasteiger partial charge on any atom is -0.339 e. The van der Waals surface area contributed by atoms with Crippen molar-refractivity contribution in [1.29, 1.82) is 0 Å². The van der Waals surface area contributed by atoms with E-state index in [-0.39, 0.29) is 11.9 Å². The predicted molar refractivity (Wildman–Crippen MR) is 97.4 cm³/mol. The minimum absolute atomic E-state index is 0.187. The Bertz CT molecular complexity index is 744. The second-order valence-corrected chi connectivity index (χ2v) is 7.10. The first kappa shape index (κ1) is 17.0. The molecule has 26 heavy (non-hydrogen) atoms. The Morgan fingerprint density at radius 3 is 2.38 bits per heavy atom. The highest BCUT2D eigenvalue weighted by Gasteiger charge is 2.30. The van der Waals surface area contributed by atoms with Gasteiger partial charge in [0, 0.05) is 44.2 Å². The van der Waals surface area contributed by atoms with Crippen molar-refractivity contribution in [2.45, 2.75) is 38.1 Å². The van der Waals surface area contributed by atoms with Gasteiger partial charge < -0.3 is 20.1 Å². The number of nitrogens with zero attached hydrogens (tertiary/aromatic N) is 4. The number of carbonyl (C=O) groups is 1. The lowest BCUT2D eigenvalue weighted by molar-refractivity contribution is 0.144. The van der Waals surface area contributed by atoms with Crippen LogP contribution >= 0.6 is 0 Å². The molecule has 2 saturated heterocycles. The number of nitrogens with two attached hydrogens (primary N) is 1. The van der Waals surface area contributed by atoms with Crippen molar-refractivity contribution in [3.8, 4) is 11.4 Å². The molecule has 2 fully saturated rings. The van der Waals surface area contributed by atoms with E-state index >= 15 is 0 Å². The number of aromatic nitrogens is 2. The first-order chi connectivity index (χ1) is 12.7. The second-order valence-electron chi connectivity index (χ2n) is 7.10. The summed E-state index contributed by atoms with van der Waals surface area (Å²) in [6, 6.07) is 8.08. The highest BCUT2D eigenvalue weighted by atomic mass is 16.5. The standard InChI is InChI=1S/C19H25N5O2/c20-13-14-3-5-15(6-4-14)17-21-18(26-22-17)16-7-11-24(12-8-16)19(25)23-9-1-2-10-23/h3-6,16H,1-2,7-13,20H2. The third-order valence-electron chi connectivity index (χ3n) is 5.38. The van der Waals surface area contributed by atoms with Crippen LogP contribution < -0.4 is 5.73 Å². The lowest BCUT2D eigenvalue weighted by Crippen LogP contribution is -2.45. The monoisotopic (exact) mass is 355 g/mol. The number of likely N-dealkylation sites (tertiary alicyclic amines) is 2. The Morgan fingerprint density at radius 2 is 1.73 bits per heavy atom. The Hall–Kier alpha value is -2.41. The number of amides is 2. The van der Waals surface area contributed by atoms with E-state index in [1.165, 1.54) is 0 Å². The van der Waals surface area contributed by atoms with Crippen molar-refractivity contribution >= 4 is 6.03 Å². The summed E-state index contributed by atoms with van der Waals surface area (Å²) in [7, 11) is 0. The van der Waals surface area contributed by atoms with Gasteiger partial charge in [0.1, 0.15) is 0 Å². The maximum Gasteiger partial charge on any atom is 0.319 e. The molecule has 0 atom stereocenters. The molecule has 2 aromatic rings. The van der Waals surface area contributed by atoms with E-state index in [0.717, 1.165) is 63.0 Å². The highest BCUT2D eigenvalue weighted by Crippen LogP contribution is 2.29. The first-order valence-electron chi connectivity index (χ1n) is 9.41. The zero-order valence-electron chi connectivity index (χ0n) is 14.9. The van der Waals surface area contributed by atoms with Crippen LogP contribution in [0.5, 0.6) is 0 Å². The van der Waals surface area contributed by atoms with Crippen molar-refractivity contribution in [3.05, 3.63) is 35.7 Å². The maximum atomic E-state index is 12.5. The number of hydrogen-bond acceptors (Lipinski definition) is 5. The van der Waals surface area contributed by atoms with Crippen molar-refractivity contribution in [2.75, 3.05) is 26.2 Å². The summed E-state index contributed by atoms with van der Waals surface area (Å²) >= 11 is 0. The SMILES string of the molecule is NCc1ccc(-c2noc(C3CCN(C(=O)N4CCCC4)CC3)n2)cc1. The van der Waals surface area contributed by atoms with Crippen molar-refractivity contribution in [3.63, 3.8) is 0 Å². The smallest absolute Gasteiger partial charge is 0.319 e. The van der Waals surface area contributed by atoms with E-state index < -0.39 is 0 Å². The van der Waals surface area contributed by atoms with E-state index in [0.29, 0.717) is 18.3 Å². The third-order valence-corrected chi connectivity index (χ3v) is 5.38. The number of benzene rings is 1. The molecule has 2 aliphatic rings. The van der Waals surface area contributed by atoms with Crippen LogP contribution in [0.4, 0.5) is 4.79 Å². The third kappa shape index (κ3) is 3.44. The zero-order chi connectivity index (χ0) is 17.9. The van der Waals surface area contributed by atoms with Crippen LogP contribution in [0.2, 0.25) is 0 Å². The molecule has 2 aliphatic heterocycles. The molecule has 138 valence electrons. The normalized spacial score (nSPS) is 18.5. The summed E-state index contributed by atoms with van der Waals surface area (Å²) in [4.78, 5) is 21.0. The molecule has 0 bridgehead atoms. The summed E-state index contributed by atoms with van der Waals surface area (Å²) in [5.41, 5.74) is 7.64. The van der Waals surface area contributed by atoms with Gasteiger partial charge in [-0.25, -0.2) is 4.79 Å². The average Bonchev–Trinajstić information content (AvgIpc) is 3.40. The lowest BCUT2D eigenvalue weighted by Gasteiger charge is -2.33. The van der Waals surface area contributed by atoms with Crippen LogP contribution in [0.3, 0.4) is 0 Å². The fourth-order valence-electron chi connectivity index (χ4n) is 3.73. The van der Waals surface area contributed by atoms with Crippen LogP contribution in [0.25, 0.3) is 11.4 Å². The quantitative estimate of drug-likeness (QED) is 0.914. The van der Waals surface area contributed by atoms with E-state index in [2.05, 4.69) is 10.1 Å². The predicted octanol–water partition coefficient (Wildman–Crippen LogP) is 2.59. The van der Waals surface area contributed by atoms with Gasteiger partial charge in [-0.05, 0) is 31.2 Å². The molecule has 0 unspecified atom stereocenters. The fraction of sp³-hybridized carbons (Fsp3) is 0.526. The van der Waals surface area contributed by atoms with Crippen LogP contribution in [0.15, 0.2) is 28.8 Å². The number of piperidine rings is 1. The summed E-state index contributed by atoms with van der Waals surface area (Å²) in [5, 5.41) is 4.13. The summed E-state index contributed by atoms with van der Waals surface area (Å²) < 4.78 is 5.51. The number of rotatable bonds is 3. The topological polar surface area (TPSA) is 88.5 Å². The van der Waals surface area contributed by atoms with Crippen molar-refractivity contribution in [1.82, 2.24) is 19.9 Å². The zero-order valence-corrected chi connectivity index (χ0v) is 14.9. The van der Waals surface area contributed by atoms with E-state index in [9.17, 15) is 4.79 Å². The summed E-state index contributed by atoms with van der Waals surface area (Å²) in [6.07, 6.45) is 3.99. The van der Waals surface area contributed by atoms with Crippen LogP contribution in [0, 0.1) is 0 Å². The minimum atomic E-state index is 0.187.